The van der Waals surface area contributed by atoms with Crippen LogP contribution in [0.5, 0.6) is 5.75 Å². The van der Waals surface area contributed by atoms with Crippen molar-refractivity contribution in [1.82, 2.24) is 15.1 Å². The Morgan fingerprint density at radius 1 is 1.40 bits per heavy atom. The lowest BCUT2D eigenvalue weighted by molar-refractivity contribution is 0.407. The molecule has 0 saturated carbocycles. The molecule has 0 amide bonds. The molecule has 1 atom stereocenters. The van der Waals surface area contributed by atoms with E-state index in [9.17, 15) is 0 Å². The van der Waals surface area contributed by atoms with E-state index in [-0.39, 0.29) is 0 Å². The summed E-state index contributed by atoms with van der Waals surface area (Å²) < 4.78 is 7.37. The molecular formula is C16H23N3O. The SMILES string of the molecule is CCNC(C)c1cnn(Cc2cc(C)ccc2OC)c1. The summed E-state index contributed by atoms with van der Waals surface area (Å²) in [5.74, 6) is 0.910. The fourth-order valence-corrected chi connectivity index (χ4v) is 2.32. The zero-order valence-electron chi connectivity index (χ0n) is 12.7. The third-order valence-electron chi connectivity index (χ3n) is 3.43. The second-order valence-electron chi connectivity index (χ2n) is 5.07. The molecule has 1 aromatic heterocycles. The number of rotatable bonds is 6. The van der Waals surface area contributed by atoms with E-state index in [1.807, 2.05) is 16.9 Å². The van der Waals surface area contributed by atoms with E-state index in [2.05, 4.69) is 49.5 Å². The van der Waals surface area contributed by atoms with Crippen LogP contribution in [0.4, 0.5) is 0 Å². The van der Waals surface area contributed by atoms with Crippen molar-refractivity contribution in [2.75, 3.05) is 13.7 Å². The van der Waals surface area contributed by atoms with Crippen LogP contribution in [0.2, 0.25) is 0 Å². The number of nitrogens with one attached hydrogen (secondary N) is 1. The largest absolute Gasteiger partial charge is 0.496 e. The molecule has 0 radical (unpaired) electrons. The second-order valence-corrected chi connectivity index (χ2v) is 5.07. The van der Waals surface area contributed by atoms with Crippen LogP contribution in [0.3, 0.4) is 0 Å². The summed E-state index contributed by atoms with van der Waals surface area (Å²) in [6.45, 7) is 8.03. The van der Waals surface area contributed by atoms with Crippen LogP contribution in [0, 0.1) is 6.92 Å². The molecular weight excluding hydrogens is 250 g/mol. The maximum absolute atomic E-state index is 5.41. The summed E-state index contributed by atoms with van der Waals surface area (Å²) in [6, 6.07) is 6.54. The van der Waals surface area contributed by atoms with Crippen LogP contribution in [0.15, 0.2) is 30.6 Å². The van der Waals surface area contributed by atoms with Gasteiger partial charge in [-0.3, -0.25) is 4.68 Å². The summed E-state index contributed by atoms with van der Waals surface area (Å²) in [5, 5.41) is 7.83. The van der Waals surface area contributed by atoms with E-state index >= 15 is 0 Å². The molecule has 0 fully saturated rings. The molecule has 1 unspecified atom stereocenters. The number of hydrogen-bond donors (Lipinski definition) is 1. The third-order valence-corrected chi connectivity index (χ3v) is 3.43. The van der Waals surface area contributed by atoms with Crippen molar-refractivity contribution < 1.29 is 4.74 Å². The highest BCUT2D eigenvalue weighted by atomic mass is 16.5. The molecule has 4 nitrogen and oxygen atoms in total. The number of aromatic nitrogens is 2. The Balaban J connectivity index is 2.16. The first kappa shape index (κ1) is 14.6. The average molecular weight is 273 g/mol. The predicted octanol–water partition coefficient (Wildman–Crippen LogP) is 2.92. The molecule has 108 valence electrons. The Morgan fingerprint density at radius 3 is 2.90 bits per heavy atom. The van der Waals surface area contributed by atoms with Gasteiger partial charge in [0.2, 0.25) is 0 Å². The number of ether oxygens (including phenoxy) is 1. The Morgan fingerprint density at radius 2 is 2.20 bits per heavy atom. The fourth-order valence-electron chi connectivity index (χ4n) is 2.32. The van der Waals surface area contributed by atoms with Crippen LogP contribution in [-0.4, -0.2) is 23.4 Å². The summed E-state index contributed by atoms with van der Waals surface area (Å²) in [7, 11) is 1.70. The average Bonchev–Trinajstić information content (AvgIpc) is 2.88. The highest BCUT2D eigenvalue weighted by Crippen LogP contribution is 2.21. The summed E-state index contributed by atoms with van der Waals surface area (Å²) in [5.41, 5.74) is 3.59. The van der Waals surface area contributed by atoms with Crippen LogP contribution in [0.25, 0.3) is 0 Å². The quantitative estimate of drug-likeness (QED) is 0.879. The maximum Gasteiger partial charge on any atom is 0.123 e. The molecule has 0 spiro atoms. The van der Waals surface area contributed by atoms with Crippen LogP contribution in [-0.2, 0) is 6.54 Å². The minimum Gasteiger partial charge on any atom is -0.496 e. The van der Waals surface area contributed by atoms with Gasteiger partial charge in [0.25, 0.3) is 0 Å². The Kier molecular flexibility index (Phi) is 4.79. The lowest BCUT2D eigenvalue weighted by Crippen LogP contribution is -2.17. The van der Waals surface area contributed by atoms with E-state index in [4.69, 9.17) is 4.74 Å². The fraction of sp³-hybridized carbons (Fsp3) is 0.438. The summed E-state index contributed by atoms with van der Waals surface area (Å²) >= 11 is 0. The Bertz CT molecular complexity index is 563. The van der Waals surface area contributed by atoms with Crippen molar-refractivity contribution in [3.63, 3.8) is 0 Å². The number of benzene rings is 1. The van der Waals surface area contributed by atoms with Crippen molar-refractivity contribution in [3.05, 3.63) is 47.3 Å². The molecule has 20 heavy (non-hydrogen) atoms. The first-order chi connectivity index (χ1) is 9.63. The van der Waals surface area contributed by atoms with Gasteiger partial charge in [-0.2, -0.15) is 5.10 Å². The van der Waals surface area contributed by atoms with E-state index < -0.39 is 0 Å². The molecule has 0 saturated heterocycles. The first-order valence-corrected chi connectivity index (χ1v) is 7.03. The molecule has 0 bridgehead atoms. The zero-order chi connectivity index (χ0) is 14.5. The lowest BCUT2D eigenvalue weighted by atomic mass is 10.1. The van der Waals surface area contributed by atoms with Gasteiger partial charge in [-0.1, -0.05) is 24.6 Å². The van der Waals surface area contributed by atoms with Gasteiger partial charge in [0.05, 0.1) is 19.9 Å². The predicted molar refractivity (Wildman–Crippen MR) is 81.2 cm³/mol. The van der Waals surface area contributed by atoms with Crippen molar-refractivity contribution in [1.29, 1.82) is 0 Å². The van der Waals surface area contributed by atoms with Gasteiger partial charge >= 0.3 is 0 Å². The van der Waals surface area contributed by atoms with Gasteiger partial charge in [0, 0.05) is 23.4 Å². The minimum atomic E-state index is 0.327. The topological polar surface area (TPSA) is 39.1 Å². The Labute approximate surface area is 120 Å². The monoisotopic (exact) mass is 273 g/mol. The van der Waals surface area contributed by atoms with Crippen molar-refractivity contribution in [2.24, 2.45) is 0 Å². The van der Waals surface area contributed by atoms with Gasteiger partial charge in [0.1, 0.15) is 5.75 Å². The van der Waals surface area contributed by atoms with E-state index in [1.54, 1.807) is 7.11 Å². The van der Waals surface area contributed by atoms with E-state index in [1.165, 1.54) is 11.1 Å². The number of aryl methyl sites for hydroxylation is 1. The molecule has 0 aliphatic rings. The van der Waals surface area contributed by atoms with Gasteiger partial charge < -0.3 is 10.1 Å². The maximum atomic E-state index is 5.41. The van der Waals surface area contributed by atoms with Crippen LogP contribution in [0.1, 0.15) is 36.6 Å². The molecule has 0 aliphatic carbocycles. The summed E-state index contributed by atoms with van der Waals surface area (Å²) in [6.07, 6.45) is 4.02. The minimum absolute atomic E-state index is 0.327. The van der Waals surface area contributed by atoms with E-state index in [0.29, 0.717) is 6.04 Å². The smallest absolute Gasteiger partial charge is 0.123 e. The second kappa shape index (κ2) is 6.57. The van der Waals surface area contributed by atoms with Gasteiger partial charge in [-0.15, -0.1) is 0 Å². The summed E-state index contributed by atoms with van der Waals surface area (Å²) in [4.78, 5) is 0. The molecule has 1 heterocycles. The van der Waals surface area contributed by atoms with Crippen LogP contribution < -0.4 is 10.1 Å². The molecule has 0 aliphatic heterocycles. The number of methoxy groups -OCH3 is 1. The number of hydrogen-bond acceptors (Lipinski definition) is 3. The molecule has 2 rings (SSSR count). The third kappa shape index (κ3) is 3.39. The van der Waals surface area contributed by atoms with Gasteiger partial charge in [-0.05, 0) is 26.5 Å². The van der Waals surface area contributed by atoms with Crippen LogP contribution >= 0.6 is 0 Å². The lowest BCUT2D eigenvalue weighted by Gasteiger charge is -2.10. The van der Waals surface area contributed by atoms with Gasteiger partial charge in [-0.25, -0.2) is 0 Å². The highest BCUT2D eigenvalue weighted by molar-refractivity contribution is 5.37. The van der Waals surface area contributed by atoms with Crippen molar-refractivity contribution in [3.8, 4) is 5.75 Å². The Hall–Kier alpha value is -1.81. The van der Waals surface area contributed by atoms with Gasteiger partial charge in [0.15, 0.2) is 0 Å². The van der Waals surface area contributed by atoms with E-state index in [0.717, 1.165) is 24.4 Å². The van der Waals surface area contributed by atoms with Crippen molar-refractivity contribution in [2.45, 2.75) is 33.4 Å². The molecule has 2 aromatic rings. The molecule has 1 aromatic carbocycles. The highest BCUT2D eigenvalue weighted by Gasteiger charge is 2.09. The zero-order valence-corrected chi connectivity index (χ0v) is 12.7. The molecule has 1 N–H and O–H groups in total. The standard InChI is InChI=1S/C16H23N3O/c1-5-17-13(3)15-9-18-19(11-15)10-14-8-12(2)6-7-16(14)20-4/h6-9,11,13,17H,5,10H2,1-4H3. The first-order valence-electron chi connectivity index (χ1n) is 7.03. The molecule has 4 heteroatoms. The normalized spacial score (nSPS) is 12.4. The number of nitrogens with zero attached hydrogens (tertiary/aromatic N) is 2. The van der Waals surface area contributed by atoms with Crippen molar-refractivity contribution >= 4 is 0 Å².